The minimum atomic E-state index is -0.393. The van der Waals surface area contributed by atoms with Gasteiger partial charge in [-0.2, -0.15) is 0 Å². The van der Waals surface area contributed by atoms with Gasteiger partial charge in [0.05, 0.1) is 12.0 Å². The molecule has 5 nitrogen and oxygen atoms in total. The summed E-state index contributed by atoms with van der Waals surface area (Å²) < 4.78 is 5.28. The molecule has 0 atom stereocenters. The Morgan fingerprint density at radius 3 is 2.90 bits per heavy atom. The second kappa shape index (κ2) is 6.81. The van der Waals surface area contributed by atoms with Crippen LogP contribution < -0.4 is 10.6 Å². The molecular weight excluding hydrogens is 254 g/mol. The molecule has 110 valence electrons. The molecule has 0 aliphatic carbocycles. The number of hydrogen-bond donors (Lipinski definition) is 2. The second-order valence-corrected chi connectivity index (χ2v) is 5.45. The van der Waals surface area contributed by atoms with Gasteiger partial charge in [-0.15, -0.1) is 0 Å². The summed E-state index contributed by atoms with van der Waals surface area (Å²) in [5.74, 6) is 0.0871. The highest BCUT2D eigenvalue weighted by atomic mass is 16.5. The highest BCUT2D eigenvalue weighted by molar-refractivity contribution is 5.83. The first-order valence-corrected chi connectivity index (χ1v) is 7.05. The number of nitrogens with one attached hydrogen (secondary N) is 2. The average Bonchev–Trinajstić information content (AvgIpc) is 2.47. The molecule has 2 N–H and O–H groups in total. The summed E-state index contributed by atoms with van der Waals surface area (Å²) in [6, 6.07) is 1.96. The van der Waals surface area contributed by atoms with Gasteiger partial charge in [0.2, 0.25) is 5.91 Å². The molecule has 1 aliphatic rings. The van der Waals surface area contributed by atoms with Crippen molar-refractivity contribution in [3.63, 3.8) is 0 Å². The molecule has 0 spiro atoms. The number of hydrogen-bond acceptors (Lipinski definition) is 4. The number of aromatic nitrogens is 1. The number of carbonyl (C=O) groups is 1. The second-order valence-electron chi connectivity index (χ2n) is 5.45. The number of ether oxygens (including phenoxy) is 1. The standard InChI is InChI=1S/C15H23N3O2/c1-12-3-6-17-9-13(12)10-18-14(19)15(11-20-2)4-7-16-8-5-15/h3,6,9,16H,4-5,7-8,10-11H2,1-2H3,(H,18,19). The molecule has 0 saturated carbocycles. The number of carbonyl (C=O) groups excluding carboxylic acids is 1. The predicted molar refractivity (Wildman–Crippen MR) is 77.2 cm³/mol. The number of aryl methyl sites for hydroxylation is 1. The third-order valence-electron chi connectivity index (χ3n) is 4.05. The third kappa shape index (κ3) is 3.35. The van der Waals surface area contributed by atoms with E-state index in [2.05, 4.69) is 15.6 Å². The molecule has 0 aromatic carbocycles. The van der Waals surface area contributed by atoms with E-state index in [9.17, 15) is 4.79 Å². The summed E-state index contributed by atoms with van der Waals surface area (Å²) in [7, 11) is 1.66. The molecule has 1 aliphatic heterocycles. The van der Waals surface area contributed by atoms with Gasteiger partial charge in [-0.1, -0.05) is 0 Å². The fraction of sp³-hybridized carbons (Fsp3) is 0.600. The molecule has 2 rings (SSSR count). The summed E-state index contributed by atoms with van der Waals surface area (Å²) in [6.45, 7) is 4.76. The number of rotatable bonds is 5. The van der Waals surface area contributed by atoms with E-state index in [0.29, 0.717) is 13.2 Å². The van der Waals surface area contributed by atoms with Gasteiger partial charge in [0.15, 0.2) is 0 Å². The van der Waals surface area contributed by atoms with Crippen molar-refractivity contribution in [2.24, 2.45) is 5.41 Å². The molecule has 1 saturated heterocycles. The van der Waals surface area contributed by atoms with Crippen molar-refractivity contribution in [2.75, 3.05) is 26.8 Å². The lowest BCUT2D eigenvalue weighted by molar-refractivity contribution is -0.136. The fourth-order valence-corrected chi connectivity index (χ4v) is 2.66. The fourth-order valence-electron chi connectivity index (χ4n) is 2.66. The largest absolute Gasteiger partial charge is 0.384 e. The van der Waals surface area contributed by atoms with Crippen LogP contribution in [0.4, 0.5) is 0 Å². The summed E-state index contributed by atoms with van der Waals surface area (Å²) >= 11 is 0. The van der Waals surface area contributed by atoms with Crippen LogP contribution in [0.3, 0.4) is 0 Å². The van der Waals surface area contributed by atoms with Gasteiger partial charge in [0.1, 0.15) is 0 Å². The van der Waals surface area contributed by atoms with Gasteiger partial charge in [-0.05, 0) is 50.0 Å². The van der Waals surface area contributed by atoms with E-state index < -0.39 is 5.41 Å². The van der Waals surface area contributed by atoms with E-state index in [1.807, 2.05) is 13.0 Å². The quantitative estimate of drug-likeness (QED) is 0.843. The van der Waals surface area contributed by atoms with Crippen molar-refractivity contribution < 1.29 is 9.53 Å². The van der Waals surface area contributed by atoms with Crippen LogP contribution in [-0.2, 0) is 16.1 Å². The number of pyridine rings is 1. The summed E-state index contributed by atoms with van der Waals surface area (Å²) in [6.07, 6.45) is 5.21. The third-order valence-corrected chi connectivity index (χ3v) is 4.05. The van der Waals surface area contributed by atoms with E-state index in [-0.39, 0.29) is 5.91 Å². The topological polar surface area (TPSA) is 63.2 Å². The Hall–Kier alpha value is -1.46. The summed E-state index contributed by atoms with van der Waals surface area (Å²) in [4.78, 5) is 16.7. The first-order valence-electron chi connectivity index (χ1n) is 7.05. The Morgan fingerprint density at radius 1 is 1.50 bits per heavy atom. The Balaban J connectivity index is 2.00. The predicted octanol–water partition coefficient (Wildman–Crippen LogP) is 1.02. The normalized spacial score (nSPS) is 17.7. The van der Waals surface area contributed by atoms with Gasteiger partial charge in [-0.25, -0.2) is 0 Å². The van der Waals surface area contributed by atoms with Crippen LogP contribution in [0, 0.1) is 12.3 Å². The average molecular weight is 277 g/mol. The maximum absolute atomic E-state index is 12.6. The molecule has 1 fully saturated rings. The first kappa shape index (κ1) is 14.9. The van der Waals surface area contributed by atoms with E-state index in [4.69, 9.17) is 4.74 Å². The highest BCUT2D eigenvalue weighted by Gasteiger charge is 2.39. The van der Waals surface area contributed by atoms with Crippen LogP contribution >= 0.6 is 0 Å². The van der Waals surface area contributed by atoms with E-state index in [1.54, 1.807) is 19.5 Å². The van der Waals surface area contributed by atoms with Crippen LogP contribution in [-0.4, -0.2) is 37.7 Å². The molecule has 1 amide bonds. The van der Waals surface area contributed by atoms with Crippen LogP contribution in [0.2, 0.25) is 0 Å². The minimum Gasteiger partial charge on any atom is -0.384 e. The summed E-state index contributed by atoms with van der Waals surface area (Å²) in [5.41, 5.74) is 1.81. The monoisotopic (exact) mass is 277 g/mol. The molecule has 20 heavy (non-hydrogen) atoms. The molecule has 2 heterocycles. The van der Waals surface area contributed by atoms with Gasteiger partial charge in [0.25, 0.3) is 0 Å². The maximum atomic E-state index is 12.6. The van der Waals surface area contributed by atoms with Gasteiger partial charge in [0, 0.05) is 26.0 Å². The van der Waals surface area contributed by atoms with Crippen LogP contribution in [0.25, 0.3) is 0 Å². The zero-order valence-electron chi connectivity index (χ0n) is 12.2. The Bertz CT molecular complexity index is 451. The Kier molecular flexibility index (Phi) is 5.09. The van der Waals surface area contributed by atoms with Crippen molar-refractivity contribution in [1.82, 2.24) is 15.6 Å². The molecule has 5 heteroatoms. The number of methoxy groups -OCH3 is 1. The van der Waals surface area contributed by atoms with Crippen LogP contribution in [0.1, 0.15) is 24.0 Å². The van der Waals surface area contributed by atoms with E-state index in [1.165, 1.54) is 0 Å². The van der Waals surface area contributed by atoms with Crippen LogP contribution in [0.5, 0.6) is 0 Å². The van der Waals surface area contributed by atoms with Gasteiger partial charge in [-0.3, -0.25) is 9.78 Å². The number of piperidine rings is 1. The van der Waals surface area contributed by atoms with Crippen molar-refractivity contribution in [3.05, 3.63) is 29.6 Å². The smallest absolute Gasteiger partial charge is 0.228 e. The zero-order chi connectivity index (χ0) is 14.4. The van der Waals surface area contributed by atoms with Gasteiger partial charge < -0.3 is 15.4 Å². The van der Waals surface area contributed by atoms with Crippen LogP contribution in [0.15, 0.2) is 18.5 Å². The minimum absolute atomic E-state index is 0.0871. The number of amides is 1. The lowest BCUT2D eigenvalue weighted by Crippen LogP contribution is -2.50. The van der Waals surface area contributed by atoms with E-state index in [0.717, 1.165) is 37.1 Å². The molecule has 1 aromatic heterocycles. The van der Waals surface area contributed by atoms with Crippen molar-refractivity contribution in [3.8, 4) is 0 Å². The maximum Gasteiger partial charge on any atom is 0.228 e. The van der Waals surface area contributed by atoms with E-state index >= 15 is 0 Å². The molecular formula is C15H23N3O2. The first-order chi connectivity index (χ1) is 9.68. The molecule has 1 aromatic rings. The summed E-state index contributed by atoms with van der Waals surface area (Å²) in [5, 5.41) is 6.34. The Labute approximate surface area is 120 Å². The van der Waals surface area contributed by atoms with Crippen molar-refractivity contribution in [1.29, 1.82) is 0 Å². The Morgan fingerprint density at radius 2 is 2.25 bits per heavy atom. The number of nitrogens with zero attached hydrogens (tertiary/aromatic N) is 1. The molecule has 0 bridgehead atoms. The molecule has 0 radical (unpaired) electrons. The zero-order valence-corrected chi connectivity index (χ0v) is 12.2. The SMILES string of the molecule is COCC1(C(=O)NCc2cnccc2C)CCNCC1. The highest BCUT2D eigenvalue weighted by Crippen LogP contribution is 2.29. The van der Waals surface area contributed by atoms with Gasteiger partial charge >= 0.3 is 0 Å². The molecule has 0 unspecified atom stereocenters. The lowest BCUT2D eigenvalue weighted by atomic mass is 9.78. The lowest BCUT2D eigenvalue weighted by Gasteiger charge is -2.35. The van der Waals surface area contributed by atoms with Crippen molar-refractivity contribution >= 4 is 5.91 Å². The van der Waals surface area contributed by atoms with Crippen molar-refractivity contribution in [2.45, 2.75) is 26.3 Å².